The van der Waals surface area contributed by atoms with E-state index >= 15 is 0 Å². The molecule has 1 unspecified atom stereocenters. The Bertz CT molecular complexity index is 267. The van der Waals surface area contributed by atoms with E-state index in [4.69, 9.17) is 0 Å². The zero-order valence-corrected chi connectivity index (χ0v) is 13.4. The van der Waals surface area contributed by atoms with Crippen molar-refractivity contribution in [2.24, 2.45) is 16.8 Å². The Hall–Kier alpha value is -0.770. The lowest BCUT2D eigenvalue weighted by Gasteiger charge is -2.32. The standard InChI is InChI=1S/C15H32N4/c1-6-13(7-2)14(19(4)5)11-18-15(16-3)17-10-12-8-9-12/h12-14H,6-11H2,1-5H3,(H2,16,17,18). The lowest BCUT2D eigenvalue weighted by molar-refractivity contribution is 0.200. The highest BCUT2D eigenvalue weighted by Gasteiger charge is 2.22. The molecule has 1 fully saturated rings. The van der Waals surface area contributed by atoms with Gasteiger partial charge in [-0.25, -0.2) is 0 Å². The van der Waals surface area contributed by atoms with Crippen LogP contribution in [0.4, 0.5) is 0 Å². The topological polar surface area (TPSA) is 39.7 Å². The summed E-state index contributed by atoms with van der Waals surface area (Å²) in [6.07, 6.45) is 5.21. The number of rotatable bonds is 8. The van der Waals surface area contributed by atoms with E-state index in [1.807, 2.05) is 7.05 Å². The molecule has 19 heavy (non-hydrogen) atoms. The van der Waals surface area contributed by atoms with Crippen molar-refractivity contribution in [3.8, 4) is 0 Å². The molecule has 0 heterocycles. The second-order valence-electron chi connectivity index (χ2n) is 5.88. The minimum Gasteiger partial charge on any atom is -0.356 e. The molecule has 0 aliphatic heterocycles. The summed E-state index contributed by atoms with van der Waals surface area (Å²) in [5.41, 5.74) is 0. The Morgan fingerprint density at radius 3 is 2.26 bits per heavy atom. The van der Waals surface area contributed by atoms with Crippen LogP contribution in [0.15, 0.2) is 4.99 Å². The summed E-state index contributed by atoms with van der Waals surface area (Å²) >= 11 is 0. The van der Waals surface area contributed by atoms with Gasteiger partial charge in [0.25, 0.3) is 0 Å². The average Bonchev–Trinajstić information content (AvgIpc) is 3.21. The van der Waals surface area contributed by atoms with Gasteiger partial charge in [-0.15, -0.1) is 0 Å². The predicted molar refractivity (Wildman–Crippen MR) is 83.6 cm³/mol. The zero-order chi connectivity index (χ0) is 14.3. The van der Waals surface area contributed by atoms with Crippen LogP contribution in [0.2, 0.25) is 0 Å². The first-order valence-corrected chi connectivity index (χ1v) is 7.73. The molecule has 1 aliphatic rings. The SMILES string of the molecule is CCC(CC)C(CNC(=NC)NCC1CC1)N(C)C. The van der Waals surface area contributed by atoms with Gasteiger partial charge in [-0.3, -0.25) is 4.99 Å². The molecule has 4 nitrogen and oxygen atoms in total. The van der Waals surface area contributed by atoms with Crippen LogP contribution in [0.5, 0.6) is 0 Å². The van der Waals surface area contributed by atoms with Gasteiger partial charge in [-0.1, -0.05) is 26.7 Å². The van der Waals surface area contributed by atoms with Crippen molar-refractivity contribution in [3.05, 3.63) is 0 Å². The van der Waals surface area contributed by atoms with E-state index < -0.39 is 0 Å². The van der Waals surface area contributed by atoms with E-state index in [1.165, 1.54) is 25.7 Å². The lowest BCUT2D eigenvalue weighted by Crippen LogP contribution is -2.48. The largest absolute Gasteiger partial charge is 0.356 e. The summed E-state index contributed by atoms with van der Waals surface area (Å²) < 4.78 is 0. The van der Waals surface area contributed by atoms with Crippen LogP contribution in [0.25, 0.3) is 0 Å². The first-order valence-electron chi connectivity index (χ1n) is 7.73. The summed E-state index contributed by atoms with van der Waals surface area (Å²) in [5, 5.41) is 6.90. The van der Waals surface area contributed by atoms with Crippen LogP contribution in [0.1, 0.15) is 39.5 Å². The fourth-order valence-electron chi connectivity index (χ4n) is 2.59. The molecule has 1 saturated carbocycles. The molecule has 0 bridgehead atoms. The fraction of sp³-hybridized carbons (Fsp3) is 0.933. The Balaban J connectivity index is 2.39. The molecule has 1 atom stereocenters. The van der Waals surface area contributed by atoms with Gasteiger partial charge in [0.2, 0.25) is 0 Å². The molecule has 0 aromatic rings. The third-order valence-electron chi connectivity index (χ3n) is 4.21. The number of hydrogen-bond donors (Lipinski definition) is 2. The Kier molecular flexibility index (Phi) is 7.21. The summed E-state index contributed by atoms with van der Waals surface area (Å²) in [6.45, 7) is 6.59. The molecular formula is C15H32N4. The maximum absolute atomic E-state index is 4.31. The maximum atomic E-state index is 4.31. The van der Waals surface area contributed by atoms with Crippen LogP contribution in [-0.2, 0) is 0 Å². The third-order valence-corrected chi connectivity index (χ3v) is 4.21. The summed E-state index contributed by atoms with van der Waals surface area (Å²) in [7, 11) is 6.19. The molecule has 2 N–H and O–H groups in total. The minimum absolute atomic E-state index is 0.564. The van der Waals surface area contributed by atoms with Crippen molar-refractivity contribution in [2.75, 3.05) is 34.2 Å². The molecule has 0 radical (unpaired) electrons. The van der Waals surface area contributed by atoms with Gasteiger partial charge in [0.15, 0.2) is 5.96 Å². The van der Waals surface area contributed by atoms with Gasteiger partial charge >= 0.3 is 0 Å². The Labute approximate surface area is 119 Å². The molecule has 0 saturated heterocycles. The molecule has 0 spiro atoms. The highest BCUT2D eigenvalue weighted by molar-refractivity contribution is 5.79. The van der Waals surface area contributed by atoms with Crippen LogP contribution >= 0.6 is 0 Å². The van der Waals surface area contributed by atoms with Crippen LogP contribution in [0.3, 0.4) is 0 Å². The van der Waals surface area contributed by atoms with Crippen molar-refractivity contribution in [1.29, 1.82) is 0 Å². The highest BCUT2D eigenvalue weighted by atomic mass is 15.2. The van der Waals surface area contributed by atoms with E-state index in [1.54, 1.807) is 0 Å². The average molecular weight is 268 g/mol. The van der Waals surface area contributed by atoms with Crippen molar-refractivity contribution in [3.63, 3.8) is 0 Å². The van der Waals surface area contributed by atoms with Gasteiger partial charge in [-0.05, 0) is 38.8 Å². The molecule has 0 aromatic carbocycles. The van der Waals surface area contributed by atoms with E-state index in [9.17, 15) is 0 Å². The number of nitrogens with zero attached hydrogens (tertiary/aromatic N) is 2. The van der Waals surface area contributed by atoms with E-state index in [2.05, 4.69) is 48.5 Å². The smallest absolute Gasteiger partial charge is 0.191 e. The number of likely N-dealkylation sites (N-methyl/N-ethyl adjacent to an activating group) is 1. The zero-order valence-electron chi connectivity index (χ0n) is 13.4. The summed E-state index contributed by atoms with van der Waals surface area (Å²) in [5.74, 6) is 2.57. The normalized spacial score (nSPS) is 17.9. The third kappa shape index (κ3) is 5.81. The molecular weight excluding hydrogens is 236 g/mol. The lowest BCUT2D eigenvalue weighted by atomic mass is 9.93. The maximum Gasteiger partial charge on any atom is 0.191 e. The predicted octanol–water partition coefficient (Wildman–Crippen LogP) is 1.93. The second-order valence-corrected chi connectivity index (χ2v) is 5.88. The monoisotopic (exact) mass is 268 g/mol. The van der Waals surface area contributed by atoms with Gasteiger partial charge in [0, 0.05) is 26.2 Å². The van der Waals surface area contributed by atoms with Crippen molar-refractivity contribution in [2.45, 2.75) is 45.6 Å². The van der Waals surface area contributed by atoms with Crippen molar-refractivity contribution in [1.82, 2.24) is 15.5 Å². The number of guanidine groups is 1. The van der Waals surface area contributed by atoms with E-state index in [-0.39, 0.29) is 0 Å². The number of hydrogen-bond acceptors (Lipinski definition) is 2. The summed E-state index contributed by atoms with van der Waals surface area (Å²) in [4.78, 5) is 6.64. The first kappa shape index (κ1) is 16.3. The molecule has 0 aromatic heterocycles. The van der Waals surface area contributed by atoms with Crippen LogP contribution in [-0.4, -0.2) is 51.1 Å². The van der Waals surface area contributed by atoms with Gasteiger partial charge in [-0.2, -0.15) is 0 Å². The van der Waals surface area contributed by atoms with Crippen molar-refractivity contribution < 1.29 is 0 Å². The second kappa shape index (κ2) is 8.41. The number of aliphatic imine (C=N–C) groups is 1. The minimum atomic E-state index is 0.564. The van der Waals surface area contributed by atoms with Gasteiger partial charge in [0.05, 0.1) is 0 Å². The first-order chi connectivity index (χ1) is 9.12. The Morgan fingerprint density at radius 2 is 1.84 bits per heavy atom. The van der Waals surface area contributed by atoms with Crippen molar-refractivity contribution >= 4 is 5.96 Å². The quantitative estimate of drug-likeness (QED) is 0.522. The highest BCUT2D eigenvalue weighted by Crippen LogP contribution is 2.27. The molecule has 1 rings (SSSR count). The van der Waals surface area contributed by atoms with Crippen LogP contribution in [0, 0.1) is 11.8 Å². The van der Waals surface area contributed by atoms with Gasteiger partial charge < -0.3 is 15.5 Å². The van der Waals surface area contributed by atoms with E-state index in [0.29, 0.717) is 6.04 Å². The molecule has 0 amide bonds. The van der Waals surface area contributed by atoms with Crippen LogP contribution < -0.4 is 10.6 Å². The fourth-order valence-corrected chi connectivity index (χ4v) is 2.59. The van der Waals surface area contributed by atoms with Gasteiger partial charge in [0.1, 0.15) is 0 Å². The molecule has 1 aliphatic carbocycles. The summed E-state index contributed by atoms with van der Waals surface area (Å²) in [6, 6.07) is 0.564. The van der Waals surface area contributed by atoms with E-state index in [0.717, 1.165) is 30.9 Å². The molecule has 112 valence electrons. The Morgan fingerprint density at radius 1 is 1.21 bits per heavy atom. The molecule has 4 heteroatoms. The number of nitrogens with one attached hydrogen (secondary N) is 2.